The van der Waals surface area contributed by atoms with E-state index in [2.05, 4.69) is 61.7 Å². The summed E-state index contributed by atoms with van der Waals surface area (Å²) < 4.78 is 5.89. The van der Waals surface area contributed by atoms with Gasteiger partial charge in [0.15, 0.2) is 0 Å². The zero-order valence-electron chi connectivity index (χ0n) is 32.2. The van der Waals surface area contributed by atoms with Gasteiger partial charge in [-0.05, 0) is 103 Å². The molecule has 2 unspecified atom stereocenters. The Balaban J connectivity index is 4.31. The Morgan fingerprint density at radius 1 is 0.600 bits per heavy atom. The SMILES string of the molecule is CCCCC/C=C\C/C=C\CCCCCCCCCC(=O)OC(/C=C\C/C=C\CCCCC)CCCCCCC(=O)NC(CCCN)C(=O)O. The van der Waals surface area contributed by atoms with Gasteiger partial charge in [0.25, 0.3) is 0 Å². The fourth-order valence-electron chi connectivity index (χ4n) is 5.72. The number of amides is 1. The second-order valence-electron chi connectivity index (χ2n) is 13.7. The van der Waals surface area contributed by atoms with Gasteiger partial charge in [0.1, 0.15) is 12.1 Å². The van der Waals surface area contributed by atoms with Gasteiger partial charge in [-0.3, -0.25) is 9.59 Å². The zero-order valence-corrected chi connectivity index (χ0v) is 32.2. The van der Waals surface area contributed by atoms with Crippen LogP contribution in [-0.2, 0) is 19.1 Å². The molecule has 4 N–H and O–H groups in total. The molecule has 0 radical (unpaired) electrons. The molecule has 0 saturated carbocycles. The van der Waals surface area contributed by atoms with E-state index in [0.717, 1.165) is 57.8 Å². The van der Waals surface area contributed by atoms with Gasteiger partial charge >= 0.3 is 11.9 Å². The number of nitrogens with two attached hydrogens (primary N) is 1. The van der Waals surface area contributed by atoms with Crippen LogP contribution in [0.4, 0.5) is 0 Å². The number of carboxylic acids is 1. The van der Waals surface area contributed by atoms with Crippen LogP contribution in [0.1, 0.15) is 187 Å². The summed E-state index contributed by atoms with van der Waals surface area (Å²) in [6, 6.07) is -0.875. The minimum Gasteiger partial charge on any atom is -0.480 e. The van der Waals surface area contributed by atoms with Crippen molar-refractivity contribution in [2.24, 2.45) is 5.73 Å². The maximum atomic E-state index is 12.7. The minimum absolute atomic E-state index is 0.114. The fourth-order valence-corrected chi connectivity index (χ4v) is 5.72. The Morgan fingerprint density at radius 2 is 1.10 bits per heavy atom. The van der Waals surface area contributed by atoms with Gasteiger partial charge in [-0.15, -0.1) is 0 Å². The molecular weight excluding hydrogens is 624 g/mol. The van der Waals surface area contributed by atoms with Crippen LogP contribution >= 0.6 is 0 Å². The van der Waals surface area contributed by atoms with E-state index in [-0.39, 0.29) is 18.0 Å². The topological polar surface area (TPSA) is 119 Å². The van der Waals surface area contributed by atoms with Crippen molar-refractivity contribution in [3.8, 4) is 0 Å². The normalized spacial score (nSPS) is 13.2. The van der Waals surface area contributed by atoms with Crippen molar-refractivity contribution in [2.45, 2.75) is 199 Å². The van der Waals surface area contributed by atoms with Crippen LogP contribution in [0.2, 0.25) is 0 Å². The standard InChI is InChI=1S/C43H76N2O5/c1-3-5-7-9-11-13-14-15-16-17-18-19-20-21-23-25-31-37-42(47)50-39(33-28-24-22-12-10-8-6-4-2)34-29-26-27-30-36-41(46)45-40(43(48)49)35-32-38-44/h11-13,15-16,22,28,33,39-40H,3-10,14,17-21,23-27,29-32,34-38,44H2,1-2H3,(H,45,46)(H,48,49)/b13-11-,16-15-,22-12-,33-28-. The lowest BCUT2D eigenvalue weighted by molar-refractivity contribution is -0.147. The zero-order chi connectivity index (χ0) is 36.8. The van der Waals surface area contributed by atoms with E-state index in [1.165, 1.54) is 83.5 Å². The lowest BCUT2D eigenvalue weighted by Gasteiger charge is -2.15. The summed E-state index contributed by atoms with van der Waals surface area (Å²) in [4.78, 5) is 36.2. The second-order valence-corrected chi connectivity index (χ2v) is 13.7. The fraction of sp³-hybridized carbons (Fsp3) is 0.744. The van der Waals surface area contributed by atoms with Gasteiger partial charge in [0.2, 0.25) is 5.91 Å². The van der Waals surface area contributed by atoms with E-state index in [4.69, 9.17) is 10.5 Å². The molecule has 1 amide bonds. The van der Waals surface area contributed by atoms with Crippen molar-refractivity contribution in [1.29, 1.82) is 0 Å². The summed E-state index contributed by atoms with van der Waals surface area (Å²) in [6.45, 7) is 4.86. The van der Waals surface area contributed by atoms with Crippen molar-refractivity contribution in [1.82, 2.24) is 5.32 Å². The first kappa shape index (κ1) is 47.3. The van der Waals surface area contributed by atoms with Crippen LogP contribution in [-0.4, -0.2) is 41.6 Å². The van der Waals surface area contributed by atoms with Gasteiger partial charge < -0.3 is 20.9 Å². The van der Waals surface area contributed by atoms with E-state index in [9.17, 15) is 19.5 Å². The predicted molar refractivity (Wildman–Crippen MR) is 211 cm³/mol. The molecule has 7 heteroatoms. The molecule has 0 aliphatic carbocycles. The first-order chi connectivity index (χ1) is 24.4. The third kappa shape index (κ3) is 33.8. The van der Waals surface area contributed by atoms with E-state index in [1.54, 1.807) is 0 Å². The highest BCUT2D eigenvalue weighted by molar-refractivity contribution is 5.83. The van der Waals surface area contributed by atoms with Crippen molar-refractivity contribution < 1.29 is 24.2 Å². The molecule has 0 rings (SSSR count). The van der Waals surface area contributed by atoms with Gasteiger partial charge in [0, 0.05) is 12.8 Å². The molecule has 0 saturated heterocycles. The highest BCUT2D eigenvalue weighted by atomic mass is 16.5. The van der Waals surface area contributed by atoms with Gasteiger partial charge in [-0.25, -0.2) is 4.79 Å². The number of carbonyl (C=O) groups excluding carboxylic acids is 2. The molecule has 0 spiro atoms. The van der Waals surface area contributed by atoms with Crippen LogP contribution in [0.25, 0.3) is 0 Å². The molecule has 0 aliphatic rings. The third-order valence-corrected chi connectivity index (χ3v) is 8.85. The summed E-state index contributed by atoms with van der Waals surface area (Å²) in [5.41, 5.74) is 5.47. The molecule has 0 bridgehead atoms. The smallest absolute Gasteiger partial charge is 0.326 e. The highest BCUT2D eigenvalue weighted by Gasteiger charge is 2.19. The average Bonchev–Trinajstić information content (AvgIpc) is 3.10. The molecular formula is C43H76N2O5. The Bertz CT molecular complexity index is 926. The number of rotatable bonds is 36. The number of carboxylic acid groups (broad SMARTS) is 1. The molecule has 0 aromatic rings. The Labute approximate surface area is 307 Å². The van der Waals surface area contributed by atoms with E-state index in [1.807, 2.05) is 6.08 Å². The molecule has 0 aromatic carbocycles. The highest BCUT2D eigenvalue weighted by Crippen LogP contribution is 2.15. The van der Waals surface area contributed by atoms with Crippen molar-refractivity contribution in [3.05, 3.63) is 48.6 Å². The third-order valence-electron chi connectivity index (χ3n) is 8.85. The van der Waals surface area contributed by atoms with Crippen LogP contribution in [0, 0.1) is 0 Å². The summed E-state index contributed by atoms with van der Waals surface area (Å²) >= 11 is 0. The van der Waals surface area contributed by atoms with E-state index < -0.39 is 12.0 Å². The maximum absolute atomic E-state index is 12.7. The Morgan fingerprint density at radius 3 is 1.66 bits per heavy atom. The molecule has 7 nitrogen and oxygen atoms in total. The van der Waals surface area contributed by atoms with Crippen LogP contribution in [0.3, 0.4) is 0 Å². The molecule has 0 fully saturated rings. The predicted octanol–water partition coefficient (Wildman–Crippen LogP) is 11.2. The summed E-state index contributed by atoms with van der Waals surface area (Å²) in [7, 11) is 0. The first-order valence-corrected chi connectivity index (χ1v) is 20.5. The first-order valence-electron chi connectivity index (χ1n) is 20.5. The molecule has 0 heterocycles. The van der Waals surface area contributed by atoms with Crippen molar-refractivity contribution in [2.75, 3.05) is 6.54 Å². The Kier molecular flexibility index (Phi) is 35.6. The quantitative estimate of drug-likeness (QED) is 0.0340. The second kappa shape index (κ2) is 37.6. The summed E-state index contributed by atoms with van der Waals surface area (Å²) in [5.74, 6) is -1.36. The lowest BCUT2D eigenvalue weighted by Crippen LogP contribution is -2.40. The number of nitrogens with one attached hydrogen (secondary N) is 1. The molecule has 288 valence electrons. The summed E-state index contributed by atoms with van der Waals surface area (Å²) in [6.07, 6.45) is 44.5. The van der Waals surface area contributed by atoms with E-state index >= 15 is 0 Å². The largest absolute Gasteiger partial charge is 0.480 e. The van der Waals surface area contributed by atoms with Crippen molar-refractivity contribution in [3.63, 3.8) is 0 Å². The average molecular weight is 701 g/mol. The molecule has 0 aromatic heterocycles. The summed E-state index contributed by atoms with van der Waals surface area (Å²) in [5, 5.41) is 11.9. The van der Waals surface area contributed by atoms with Gasteiger partial charge in [-0.2, -0.15) is 0 Å². The number of ether oxygens (including phenoxy) is 1. The van der Waals surface area contributed by atoms with Crippen LogP contribution in [0.15, 0.2) is 48.6 Å². The van der Waals surface area contributed by atoms with Crippen LogP contribution in [0.5, 0.6) is 0 Å². The number of aliphatic carboxylic acids is 1. The monoisotopic (exact) mass is 701 g/mol. The number of carbonyl (C=O) groups is 3. The number of allylic oxidation sites excluding steroid dienone is 7. The molecule has 2 atom stereocenters. The van der Waals surface area contributed by atoms with Gasteiger partial charge in [-0.1, -0.05) is 127 Å². The minimum atomic E-state index is -1.02. The Hall–Kier alpha value is -2.67. The van der Waals surface area contributed by atoms with Crippen LogP contribution < -0.4 is 11.1 Å². The van der Waals surface area contributed by atoms with E-state index in [0.29, 0.717) is 38.6 Å². The number of hydrogen-bond donors (Lipinski definition) is 3. The number of esters is 1. The van der Waals surface area contributed by atoms with Gasteiger partial charge in [0.05, 0.1) is 0 Å². The number of unbranched alkanes of at least 4 members (excludes halogenated alkanes) is 16. The molecule has 50 heavy (non-hydrogen) atoms. The van der Waals surface area contributed by atoms with Crippen molar-refractivity contribution >= 4 is 17.8 Å². The maximum Gasteiger partial charge on any atom is 0.326 e. The number of hydrogen-bond acceptors (Lipinski definition) is 5. The lowest BCUT2D eigenvalue weighted by atomic mass is 10.1. The molecule has 0 aliphatic heterocycles.